The van der Waals surface area contributed by atoms with Gasteiger partial charge in [-0.25, -0.2) is 0 Å². The summed E-state index contributed by atoms with van der Waals surface area (Å²) in [7, 11) is 0. The predicted octanol–water partition coefficient (Wildman–Crippen LogP) is -2.69. The fourth-order valence-electron chi connectivity index (χ4n) is 0. The van der Waals surface area contributed by atoms with Crippen molar-refractivity contribution in [2.75, 3.05) is 0 Å². The number of aliphatic carboxylic acids is 4. The van der Waals surface area contributed by atoms with E-state index in [0.29, 0.717) is 0 Å². The molecule has 8 nitrogen and oxygen atoms in total. The molecule has 1 radical (unpaired) electrons. The van der Waals surface area contributed by atoms with E-state index in [1.807, 2.05) is 0 Å². The maximum Gasteiger partial charge on any atom is 2.00 e. The van der Waals surface area contributed by atoms with Crippen LogP contribution in [0.1, 0.15) is 27.7 Å². The quantitative estimate of drug-likeness (QED) is 0.457. The Bertz CT molecular complexity index is 167. The van der Waals surface area contributed by atoms with Crippen LogP contribution in [-0.2, 0) is 36.0 Å². The summed E-state index contributed by atoms with van der Waals surface area (Å²) in [5, 5.41) is 32.6. The Morgan fingerprint density at radius 2 is 0.722 bits per heavy atom. The first kappa shape index (κ1) is 36.0. The smallest absolute Gasteiger partial charge is 0.550 e. The van der Waals surface area contributed by atoms with Crippen LogP contribution in [0.2, 0.25) is 0 Å². The molecule has 0 spiro atoms. The van der Waals surface area contributed by atoms with Crippen LogP contribution in [-0.4, -0.2) is 57.1 Å². The van der Waals surface area contributed by atoms with Crippen molar-refractivity contribution in [3.63, 3.8) is 0 Å². The Morgan fingerprint density at radius 3 is 0.722 bits per heavy atom. The third-order valence-electron chi connectivity index (χ3n) is 0. The molecule has 0 bridgehead atoms. The summed E-state index contributed by atoms with van der Waals surface area (Å²) in [5.41, 5.74) is 0. The van der Waals surface area contributed by atoms with Gasteiger partial charge in [0.1, 0.15) is 0 Å². The van der Waals surface area contributed by atoms with Gasteiger partial charge in [0.15, 0.2) is 0 Å². The molecule has 0 saturated carbocycles. The number of carbonyl (C=O) groups excluding carboxylic acids is 2. The molecule has 105 valence electrons. The van der Waals surface area contributed by atoms with Crippen molar-refractivity contribution in [2.45, 2.75) is 27.7 Å². The number of carbonyl (C=O) groups is 4. The molecule has 0 fully saturated rings. The fraction of sp³-hybridized carbons (Fsp3) is 0.500. The molecule has 0 saturated heterocycles. The summed E-state index contributed by atoms with van der Waals surface area (Å²) in [6.07, 6.45) is 0. The van der Waals surface area contributed by atoms with E-state index in [1.54, 1.807) is 0 Å². The Morgan fingerprint density at radius 1 is 0.722 bits per heavy atom. The van der Waals surface area contributed by atoms with E-state index in [-0.39, 0.29) is 39.8 Å². The predicted molar refractivity (Wildman–Crippen MR) is 53.7 cm³/mol. The van der Waals surface area contributed by atoms with E-state index in [1.165, 1.54) is 0 Å². The Labute approximate surface area is 131 Å². The van der Waals surface area contributed by atoms with Crippen molar-refractivity contribution in [3.05, 3.63) is 0 Å². The minimum Gasteiger partial charge on any atom is -0.550 e. The number of rotatable bonds is 0. The minimum absolute atomic E-state index is 0. The van der Waals surface area contributed by atoms with Crippen LogP contribution >= 0.6 is 0 Å². The largest absolute Gasteiger partial charge is 2.00 e. The summed E-state index contributed by atoms with van der Waals surface area (Å²) < 4.78 is 0. The van der Waals surface area contributed by atoms with Crippen LogP contribution in [0.5, 0.6) is 0 Å². The summed E-state index contributed by atoms with van der Waals surface area (Å²) in [6.45, 7) is 4.11. The number of carboxylic acids is 4. The molecule has 0 aromatic rings. The van der Waals surface area contributed by atoms with Gasteiger partial charge in [-0.3, -0.25) is 9.59 Å². The monoisotopic (exact) mass is 321 g/mol. The van der Waals surface area contributed by atoms with Gasteiger partial charge in [0.05, 0.1) is 0 Å². The van der Waals surface area contributed by atoms with Gasteiger partial charge in [-0.1, -0.05) is 0 Å². The number of carboxylic acid groups (broad SMARTS) is 4. The first-order valence-electron chi connectivity index (χ1n) is 3.67. The van der Waals surface area contributed by atoms with Gasteiger partial charge >= 0.3 is 23.1 Å². The topological polar surface area (TPSA) is 155 Å². The molecule has 0 unspecified atom stereocenters. The van der Waals surface area contributed by atoms with Gasteiger partial charge in [-0.15, -0.1) is 0 Å². The molecule has 0 aliphatic rings. The minimum atomic E-state index is -1.08. The molecule has 0 aromatic heterocycles. The summed E-state index contributed by atoms with van der Waals surface area (Å²) in [4.78, 5) is 35.8. The molecule has 0 amide bonds. The van der Waals surface area contributed by atoms with Gasteiger partial charge < -0.3 is 30.0 Å². The van der Waals surface area contributed by atoms with E-state index >= 15 is 0 Å². The summed E-state index contributed by atoms with van der Waals surface area (Å²) in [5.74, 6) is -3.83. The molecule has 0 aliphatic heterocycles. The summed E-state index contributed by atoms with van der Waals surface area (Å²) in [6, 6.07) is 0. The fourth-order valence-corrected chi connectivity index (χ4v) is 0. The molecule has 18 heavy (non-hydrogen) atoms. The third kappa shape index (κ3) is 4230. The number of hydrogen-bond donors (Lipinski definition) is 2. The zero-order valence-corrected chi connectivity index (χ0v) is 12.8. The average molecular weight is 321 g/mol. The Hall–Kier alpha value is -0.847. The van der Waals surface area contributed by atoms with Gasteiger partial charge in [0, 0.05) is 42.6 Å². The van der Waals surface area contributed by atoms with Crippen molar-refractivity contribution < 1.29 is 56.4 Å². The van der Waals surface area contributed by atoms with E-state index in [9.17, 15) is 0 Å². The van der Waals surface area contributed by atoms with Crippen molar-refractivity contribution in [3.8, 4) is 0 Å². The second kappa shape index (κ2) is 29.8. The maximum atomic E-state index is 9.00. The first-order chi connectivity index (χ1) is 6.93. The SMILES string of the molecule is CC(=O)O.CC(=O)O.CC(=O)[O-].CC(=O)[O-].[Co].[Mg+2]. The van der Waals surface area contributed by atoms with Gasteiger partial charge in [0.25, 0.3) is 11.9 Å². The van der Waals surface area contributed by atoms with Crippen LogP contribution in [0.25, 0.3) is 0 Å². The van der Waals surface area contributed by atoms with Gasteiger partial charge in [0.2, 0.25) is 0 Å². The average Bonchev–Trinajstić information content (AvgIpc) is 1.76. The first-order valence-corrected chi connectivity index (χ1v) is 3.67. The summed E-state index contributed by atoms with van der Waals surface area (Å²) >= 11 is 0. The zero-order valence-electron chi connectivity index (χ0n) is 10.4. The van der Waals surface area contributed by atoms with Crippen LogP contribution in [0.3, 0.4) is 0 Å². The van der Waals surface area contributed by atoms with Crippen molar-refractivity contribution in [1.82, 2.24) is 0 Å². The van der Waals surface area contributed by atoms with E-state index in [4.69, 9.17) is 39.6 Å². The molecule has 0 aliphatic carbocycles. The number of hydrogen-bond acceptors (Lipinski definition) is 6. The molecule has 0 rings (SSSR count). The van der Waals surface area contributed by atoms with Crippen LogP contribution in [0, 0.1) is 0 Å². The second-order valence-electron chi connectivity index (χ2n) is 2.02. The molecular formula is C8H14CoMgO8. The molecule has 0 atom stereocenters. The van der Waals surface area contributed by atoms with Gasteiger partial charge in [-0.2, -0.15) is 0 Å². The standard InChI is InChI=1S/4C2H4O2.Co.Mg/c4*1-2(3)4;;/h4*1H3,(H,3,4);;/q;;;;;+2/p-2. The van der Waals surface area contributed by atoms with E-state index < -0.39 is 23.9 Å². The van der Waals surface area contributed by atoms with Crippen molar-refractivity contribution in [1.29, 1.82) is 0 Å². The van der Waals surface area contributed by atoms with Crippen LogP contribution < -0.4 is 10.2 Å². The maximum absolute atomic E-state index is 9.00. The van der Waals surface area contributed by atoms with E-state index in [2.05, 4.69) is 0 Å². The second-order valence-corrected chi connectivity index (χ2v) is 2.02. The Balaban J connectivity index is -0.0000000257. The zero-order chi connectivity index (χ0) is 14.3. The molecule has 10 heteroatoms. The molecule has 0 heterocycles. The normalized spacial score (nSPS) is 5.56. The molecule has 2 N–H and O–H groups in total. The Kier molecular flexibility index (Phi) is 59.6. The van der Waals surface area contributed by atoms with Gasteiger partial charge in [-0.05, 0) is 13.8 Å². The molecule has 0 aromatic carbocycles. The molecular weight excluding hydrogens is 307 g/mol. The van der Waals surface area contributed by atoms with Crippen molar-refractivity contribution >= 4 is 46.9 Å². The van der Waals surface area contributed by atoms with E-state index in [0.717, 1.165) is 27.7 Å². The van der Waals surface area contributed by atoms with Crippen LogP contribution in [0.15, 0.2) is 0 Å². The van der Waals surface area contributed by atoms with Crippen molar-refractivity contribution in [2.24, 2.45) is 0 Å². The van der Waals surface area contributed by atoms with Crippen LogP contribution in [0.4, 0.5) is 0 Å². The third-order valence-corrected chi connectivity index (χ3v) is 0.